The van der Waals surface area contributed by atoms with Crippen molar-refractivity contribution in [2.45, 2.75) is 42.9 Å². The van der Waals surface area contributed by atoms with Crippen LogP contribution in [-0.2, 0) is 10.8 Å². The quantitative estimate of drug-likeness (QED) is 0.193. The van der Waals surface area contributed by atoms with Crippen LogP contribution in [0.1, 0.15) is 65.5 Å². The van der Waals surface area contributed by atoms with Crippen molar-refractivity contribution < 1.29 is 4.74 Å². The van der Waals surface area contributed by atoms with Crippen LogP contribution >= 0.6 is 0 Å². The molecule has 210 valence electrons. The minimum atomic E-state index is -0.364. The number of benzene rings is 6. The molecule has 10 rings (SSSR count). The zero-order valence-electron chi connectivity index (χ0n) is 24.6. The van der Waals surface area contributed by atoms with Crippen molar-refractivity contribution in [2.24, 2.45) is 0 Å². The highest BCUT2D eigenvalue weighted by Gasteiger charge is 2.52. The molecule has 1 nitrogen and oxygen atoms in total. The third kappa shape index (κ3) is 2.95. The monoisotopic (exact) mass is 564 g/mol. The fourth-order valence-electron chi connectivity index (χ4n) is 9.46. The summed E-state index contributed by atoms with van der Waals surface area (Å²) < 4.78 is 6.63. The number of hydrogen-bond donors (Lipinski definition) is 0. The van der Waals surface area contributed by atoms with Gasteiger partial charge in [0.15, 0.2) is 0 Å². The fourth-order valence-corrected chi connectivity index (χ4v) is 9.46. The standard InChI is InChI=1S/C43H32O/c1-10-25-42(26-11-1)37-21-8-9-22-39(37)44-40-24-23-28(27-38(40)42)29-16-12-17-33-32-15-4-7-20-36(32)43(41(29)33)34-18-5-2-13-30(34)31-14-3-6-19-35(31)43/h2-9,12-24,27H,1,10-11,25-26H2. The van der Waals surface area contributed by atoms with Crippen molar-refractivity contribution in [3.05, 3.63) is 167 Å². The average Bonchev–Trinajstić information content (AvgIpc) is 3.56. The second-order valence-corrected chi connectivity index (χ2v) is 13.1. The Morgan fingerprint density at radius 2 is 0.932 bits per heavy atom. The maximum Gasteiger partial charge on any atom is 0.131 e. The zero-order chi connectivity index (χ0) is 28.9. The third-order valence-electron chi connectivity index (χ3n) is 11.1. The lowest BCUT2D eigenvalue weighted by Crippen LogP contribution is -2.33. The largest absolute Gasteiger partial charge is 0.457 e. The highest BCUT2D eigenvalue weighted by molar-refractivity contribution is 5.98. The second kappa shape index (κ2) is 8.83. The van der Waals surface area contributed by atoms with Gasteiger partial charge in [0.2, 0.25) is 0 Å². The summed E-state index contributed by atoms with van der Waals surface area (Å²) in [7, 11) is 0. The Morgan fingerprint density at radius 1 is 0.409 bits per heavy atom. The van der Waals surface area contributed by atoms with Crippen LogP contribution in [0.5, 0.6) is 11.5 Å². The first-order valence-corrected chi connectivity index (χ1v) is 16.2. The molecule has 0 aromatic heterocycles. The topological polar surface area (TPSA) is 9.23 Å². The van der Waals surface area contributed by atoms with Crippen molar-refractivity contribution in [3.63, 3.8) is 0 Å². The predicted molar refractivity (Wildman–Crippen MR) is 179 cm³/mol. The first-order chi connectivity index (χ1) is 21.8. The molecular weight excluding hydrogens is 532 g/mol. The Balaban J connectivity index is 1.27. The molecule has 0 amide bonds. The van der Waals surface area contributed by atoms with Crippen LogP contribution in [0.2, 0.25) is 0 Å². The van der Waals surface area contributed by atoms with E-state index in [1.54, 1.807) is 0 Å². The molecule has 1 heterocycles. The van der Waals surface area contributed by atoms with Gasteiger partial charge in [-0.2, -0.15) is 0 Å². The molecule has 0 N–H and O–H groups in total. The van der Waals surface area contributed by atoms with Gasteiger partial charge in [-0.1, -0.05) is 135 Å². The van der Waals surface area contributed by atoms with E-state index >= 15 is 0 Å². The molecule has 1 saturated carbocycles. The molecule has 6 aromatic carbocycles. The summed E-state index contributed by atoms with van der Waals surface area (Å²) >= 11 is 0. The number of rotatable bonds is 1. The Kier molecular flexibility index (Phi) is 4.93. The van der Waals surface area contributed by atoms with E-state index in [9.17, 15) is 0 Å². The summed E-state index contributed by atoms with van der Waals surface area (Å²) in [6, 6.07) is 50.1. The molecule has 1 aliphatic heterocycles. The minimum Gasteiger partial charge on any atom is -0.457 e. The van der Waals surface area contributed by atoms with Crippen LogP contribution in [0.4, 0.5) is 0 Å². The summed E-state index contributed by atoms with van der Waals surface area (Å²) in [6.07, 6.45) is 6.17. The Hall–Kier alpha value is -4.88. The average molecular weight is 565 g/mol. The lowest BCUT2D eigenvalue weighted by Gasteiger charge is -2.43. The van der Waals surface area contributed by atoms with Gasteiger partial charge in [-0.05, 0) is 86.7 Å². The van der Waals surface area contributed by atoms with Gasteiger partial charge in [0.25, 0.3) is 0 Å². The second-order valence-electron chi connectivity index (χ2n) is 13.1. The summed E-state index contributed by atoms with van der Waals surface area (Å²) in [4.78, 5) is 0. The van der Waals surface area contributed by atoms with Crippen LogP contribution in [0, 0.1) is 0 Å². The highest BCUT2D eigenvalue weighted by atomic mass is 16.5. The lowest BCUT2D eigenvalue weighted by atomic mass is 9.63. The summed E-state index contributed by atoms with van der Waals surface area (Å²) in [5.74, 6) is 2.06. The summed E-state index contributed by atoms with van der Waals surface area (Å²) in [5, 5.41) is 0. The van der Waals surface area contributed by atoms with Gasteiger partial charge >= 0.3 is 0 Å². The molecule has 3 aliphatic carbocycles. The van der Waals surface area contributed by atoms with E-state index in [4.69, 9.17) is 4.74 Å². The van der Waals surface area contributed by atoms with E-state index in [0.29, 0.717) is 0 Å². The van der Waals surface area contributed by atoms with E-state index < -0.39 is 0 Å². The zero-order valence-corrected chi connectivity index (χ0v) is 24.6. The van der Waals surface area contributed by atoms with E-state index in [-0.39, 0.29) is 10.8 Å². The molecule has 0 radical (unpaired) electrons. The van der Waals surface area contributed by atoms with Gasteiger partial charge < -0.3 is 4.74 Å². The molecule has 4 aliphatic rings. The van der Waals surface area contributed by atoms with Crippen LogP contribution in [0.25, 0.3) is 33.4 Å². The van der Waals surface area contributed by atoms with Gasteiger partial charge in [0, 0.05) is 16.5 Å². The molecule has 0 atom stereocenters. The molecule has 1 heteroatoms. The van der Waals surface area contributed by atoms with Crippen molar-refractivity contribution in [3.8, 4) is 44.9 Å². The number of para-hydroxylation sites is 1. The first kappa shape index (κ1) is 24.6. The van der Waals surface area contributed by atoms with E-state index in [1.807, 2.05) is 0 Å². The normalized spacial score (nSPS) is 17.2. The number of hydrogen-bond acceptors (Lipinski definition) is 1. The number of ether oxygens (including phenoxy) is 1. The predicted octanol–water partition coefficient (Wildman–Crippen LogP) is 11.1. The Labute approximate surface area is 258 Å². The molecule has 0 saturated heterocycles. The van der Waals surface area contributed by atoms with Crippen LogP contribution in [-0.4, -0.2) is 0 Å². The first-order valence-electron chi connectivity index (χ1n) is 16.2. The molecule has 0 bridgehead atoms. The lowest BCUT2D eigenvalue weighted by molar-refractivity contribution is 0.306. The van der Waals surface area contributed by atoms with Gasteiger partial charge in [-0.15, -0.1) is 0 Å². The molecule has 44 heavy (non-hydrogen) atoms. The van der Waals surface area contributed by atoms with Gasteiger partial charge in [-0.25, -0.2) is 0 Å². The van der Waals surface area contributed by atoms with Gasteiger partial charge in [0.05, 0.1) is 5.41 Å². The van der Waals surface area contributed by atoms with E-state index in [1.165, 1.54) is 98.9 Å². The van der Waals surface area contributed by atoms with Crippen LogP contribution < -0.4 is 4.74 Å². The van der Waals surface area contributed by atoms with Crippen LogP contribution in [0.3, 0.4) is 0 Å². The van der Waals surface area contributed by atoms with Gasteiger partial charge in [-0.3, -0.25) is 0 Å². The van der Waals surface area contributed by atoms with E-state index in [2.05, 4.69) is 133 Å². The smallest absolute Gasteiger partial charge is 0.131 e. The SMILES string of the molecule is c1ccc2c(c1)Oc1ccc(-c3cccc4c3C3(c5ccccc5-c5ccccc53)c3ccccc3-4)cc1C21CCCCC1. The number of fused-ring (bicyclic) bond motifs is 14. The van der Waals surface area contributed by atoms with Crippen molar-refractivity contribution in [2.75, 3.05) is 0 Å². The van der Waals surface area contributed by atoms with Gasteiger partial charge in [0.1, 0.15) is 11.5 Å². The Morgan fingerprint density at radius 3 is 1.61 bits per heavy atom. The van der Waals surface area contributed by atoms with Crippen molar-refractivity contribution >= 4 is 0 Å². The minimum absolute atomic E-state index is 0.00357. The molecule has 1 fully saturated rings. The van der Waals surface area contributed by atoms with Crippen molar-refractivity contribution in [1.29, 1.82) is 0 Å². The Bertz CT molecular complexity index is 2080. The molecule has 2 spiro atoms. The highest BCUT2D eigenvalue weighted by Crippen LogP contribution is 2.65. The third-order valence-corrected chi connectivity index (χ3v) is 11.1. The summed E-state index contributed by atoms with van der Waals surface area (Å²) in [6.45, 7) is 0. The van der Waals surface area contributed by atoms with E-state index in [0.717, 1.165) is 11.5 Å². The maximum absolute atomic E-state index is 6.63. The molecular formula is C43H32O. The van der Waals surface area contributed by atoms with Crippen LogP contribution in [0.15, 0.2) is 133 Å². The molecule has 6 aromatic rings. The maximum atomic E-state index is 6.63. The fraction of sp³-hybridized carbons (Fsp3) is 0.163. The molecule has 0 unspecified atom stereocenters. The summed E-state index contributed by atoms with van der Waals surface area (Å²) in [5.41, 5.74) is 15.9. The van der Waals surface area contributed by atoms with Crippen molar-refractivity contribution in [1.82, 2.24) is 0 Å².